The van der Waals surface area contributed by atoms with Gasteiger partial charge in [0.2, 0.25) is 5.91 Å². The number of hydrogen-bond acceptors (Lipinski definition) is 27. The standard InChI is InChI=1S/C21H24ClN3O3.C19H23ClN4O4.C19H25ClN4O2.C9H10N2O4.C6H6N2O3/c22-16-1-3-17(4-2-16)25-9-7-24(8-10-25)13-18(26)14-28-19-5-6-20-15(11-19)12-21(27)23-20;20-14-1-3-15(4-2-14)23-9-7-22(8-10-23)12-16(25)13-28-17-5-6-18(21)19(11-17)24(26)27;20-14-1-3-15(4-2-14)24-9-7-23(8-10-24)12-16(25)13-26-17-5-6-18(21)19(22)11-17;10-8-2-1-6(3-9(8)11(12)13)14-4-7-5-15-7;7-5-2-1-4(9)3-6(5)8(10)11/h1-6,11,18,26H,7-10,12-14H2,(H,23,27);1-6,11,16,25H,7-10,12-13,21H2;1-6,11,16,25H,7-10,12-13,21-22H2;1-3,7H,4-5,10H2;1-3,9H,7H2/t18-;2*16-;;/m000../s1. The molecule has 4 saturated heterocycles. The lowest BCUT2D eigenvalue weighted by Gasteiger charge is -2.36. The van der Waals surface area contributed by atoms with Gasteiger partial charge in [-0.15, -0.1) is 0 Å². The van der Waals surface area contributed by atoms with Crippen molar-refractivity contribution in [3.63, 3.8) is 0 Å². The Morgan fingerprint density at radius 2 is 0.778 bits per heavy atom. The first-order chi connectivity index (χ1) is 51.8. The molecule has 0 aliphatic carbocycles. The third kappa shape index (κ3) is 25.8. The number of phenolic OH excluding ortho intramolecular Hbond substituents is 1. The summed E-state index contributed by atoms with van der Waals surface area (Å²) in [6.07, 6.45) is -1.31. The summed E-state index contributed by atoms with van der Waals surface area (Å²) in [6, 6.07) is 46.5. The zero-order chi connectivity index (χ0) is 77.4. The molecule has 0 radical (unpaired) electrons. The molecule has 4 fully saturated rings. The van der Waals surface area contributed by atoms with E-state index in [-0.39, 0.29) is 71.7 Å². The normalized spacial score (nSPS) is 16.3. The van der Waals surface area contributed by atoms with Gasteiger partial charge in [0.25, 0.3) is 17.1 Å². The fourth-order valence-electron chi connectivity index (χ4n) is 11.7. The molecule has 8 aromatic rings. The minimum atomic E-state index is -0.696. The van der Waals surface area contributed by atoms with E-state index in [0.29, 0.717) is 73.6 Å². The van der Waals surface area contributed by atoms with E-state index in [9.17, 15) is 50.5 Å². The van der Waals surface area contributed by atoms with Gasteiger partial charge < -0.3 is 92.8 Å². The van der Waals surface area contributed by atoms with Crippen LogP contribution in [0.25, 0.3) is 0 Å². The van der Waals surface area contributed by atoms with Crippen LogP contribution in [0.4, 0.5) is 68.2 Å². The van der Waals surface area contributed by atoms with Crippen LogP contribution in [0.5, 0.6) is 28.7 Å². The van der Waals surface area contributed by atoms with Crippen molar-refractivity contribution in [3.05, 3.63) is 215 Å². The van der Waals surface area contributed by atoms with Gasteiger partial charge in [-0.25, -0.2) is 0 Å². The summed E-state index contributed by atoms with van der Waals surface area (Å²) in [6.45, 7) is 13.9. The van der Waals surface area contributed by atoms with Crippen LogP contribution in [-0.4, -0.2) is 211 Å². The van der Waals surface area contributed by atoms with Crippen LogP contribution < -0.4 is 67.6 Å². The summed E-state index contributed by atoms with van der Waals surface area (Å²) in [5.74, 6) is 1.89. The highest BCUT2D eigenvalue weighted by Crippen LogP contribution is 2.32. The van der Waals surface area contributed by atoms with Crippen molar-refractivity contribution < 1.29 is 63.7 Å². The number of benzene rings is 8. The summed E-state index contributed by atoms with van der Waals surface area (Å²) in [7, 11) is 0. The second kappa shape index (κ2) is 39.9. The number of nitrogens with zero attached hydrogens (tertiary/aromatic N) is 9. The Morgan fingerprint density at radius 3 is 1.14 bits per heavy atom. The van der Waals surface area contributed by atoms with Gasteiger partial charge in [-0.3, -0.25) is 49.8 Å². The molecule has 0 bridgehead atoms. The second-order valence-electron chi connectivity index (χ2n) is 25.7. The van der Waals surface area contributed by atoms with Gasteiger partial charge in [-0.1, -0.05) is 34.8 Å². The molecule has 1 unspecified atom stereocenters. The van der Waals surface area contributed by atoms with Gasteiger partial charge in [-0.2, -0.15) is 0 Å². The molecule has 5 heterocycles. The third-order valence-corrected chi connectivity index (χ3v) is 18.4. The maximum atomic E-state index is 11.4. The van der Waals surface area contributed by atoms with Crippen LogP contribution in [0.1, 0.15) is 5.56 Å². The summed E-state index contributed by atoms with van der Waals surface area (Å²) < 4.78 is 27.1. The van der Waals surface area contributed by atoms with Crippen LogP contribution in [0.15, 0.2) is 164 Å². The highest BCUT2D eigenvalue weighted by atomic mass is 35.5. The smallest absolute Gasteiger partial charge is 0.295 e. The van der Waals surface area contributed by atoms with Gasteiger partial charge in [0.1, 0.15) is 96.7 Å². The number of nitrogens with two attached hydrogens (primary N) is 5. The average molecular weight is 1550 g/mol. The molecule has 13 rings (SSSR count). The number of ether oxygens (including phenoxy) is 5. The number of halogens is 3. The number of anilines is 9. The number of fused-ring (bicyclic) bond motifs is 1. The van der Waals surface area contributed by atoms with E-state index >= 15 is 0 Å². The summed E-state index contributed by atoms with van der Waals surface area (Å²) in [5.41, 5.74) is 33.6. The number of nitro groups is 3. The van der Waals surface area contributed by atoms with Crippen molar-refractivity contribution in [1.29, 1.82) is 0 Å². The van der Waals surface area contributed by atoms with Gasteiger partial charge in [-0.05, 0) is 145 Å². The lowest BCUT2D eigenvalue weighted by Crippen LogP contribution is -2.49. The Labute approximate surface area is 638 Å². The van der Waals surface area contributed by atoms with E-state index in [1.807, 2.05) is 91.0 Å². The number of β-amino-alcohol motifs (C(OH)–C–C–N with tert-alkyl or cyclic N) is 3. The number of nitrogen functional groups attached to an aromatic ring is 5. The quantitative estimate of drug-likeness (QED) is 0.00888. The highest BCUT2D eigenvalue weighted by molar-refractivity contribution is 6.31. The number of epoxide rings is 1. The van der Waals surface area contributed by atoms with Crippen molar-refractivity contribution in [2.45, 2.75) is 30.8 Å². The molecule has 0 aromatic heterocycles. The molecule has 34 heteroatoms. The number of aromatic hydroxyl groups is 1. The topological polar surface area (TPSA) is 438 Å². The third-order valence-electron chi connectivity index (χ3n) is 17.6. The molecule has 15 N–H and O–H groups in total. The lowest BCUT2D eigenvalue weighted by atomic mass is 10.1. The van der Waals surface area contributed by atoms with Crippen LogP contribution in [0, 0.1) is 30.3 Å². The zero-order valence-electron chi connectivity index (χ0n) is 59.0. The number of amides is 1. The number of carbonyl (C=O) groups is 1. The molecule has 4 atom stereocenters. The lowest BCUT2D eigenvalue weighted by molar-refractivity contribution is -0.384. The Bertz CT molecular complexity index is 4270. The Balaban J connectivity index is 0.000000161. The maximum absolute atomic E-state index is 11.4. The predicted octanol–water partition coefficient (Wildman–Crippen LogP) is 8.69. The van der Waals surface area contributed by atoms with Crippen molar-refractivity contribution in [2.75, 3.05) is 180 Å². The number of carbonyl (C=O) groups excluding carboxylic acids is 1. The number of nitrogens with one attached hydrogen (secondary N) is 1. The van der Waals surface area contributed by atoms with E-state index in [2.05, 4.69) is 34.7 Å². The first-order valence-electron chi connectivity index (χ1n) is 34.5. The molecule has 5 aliphatic rings. The van der Waals surface area contributed by atoms with Gasteiger partial charge >= 0.3 is 0 Å². The fourth-order valence-corrected chi connectivity index (χ4v) is 12.1. The number of rotatable bonds is 24. The zero-order valence-corrected chi connectivity index (χ0v) is 61.2. The molecular weight excluding hydrogens is 1460 g/mol. The molecule has 576 valence electrons. The van der Waals surface area contributed by atoms with E-state index in [1.165, 1.54) is 47.8 Å². The summed E-state index contributed by atoms with van der Waals surface area (Å²) in [4.78, 5) is 55.0. The SMILES string of the molecule is Nc1ccc(O)cc1[N+](=O)[O-].Nc1ccc(OCC2CO2)cc1[N+](=O)[O-].Nc1ccc(OC[C@@H](O)CN2CCN(c3ccc(Cl)cc3)CC2)cc1N.Nc1ccc(OC[C@@H](O)CN2CCN(c3ccc(Cl)cc3)CC2)cc1[N+](=O)[O-].O=C1Cc2cc(OC[C@@H](O)CN3CCN(c4ccc(Cl)cc4)CC3)ccc2N1. The molecular formula is C74H88Cl3N15O16. The first-order valence-corrected chi connectivity index (χ1v) is 35.6. The fraction of sp³-hybridized carbons (Fsp3) is 0.338. The average Bonchev–Trinajstić information content (AvgIpc) is 1.66. The molecule has 108 heavy (non-hydrogen) atoms. The Morgan fingerprint density at radius 1 is 0.444 bits per heavy atom. The Kier molecular flexibility index (Phi) is 30.1. The molecule has 5 aliphatic heterocycles. The van der Waals surface area contributed by atoms with Crippen LogP contribution >= 0.6 is 34.8 Å². The van der Waals surface area contributed by atoms with Crippen LogP contribution in [0.2, 0.25) is 15.1 Å². The van der Waals surface area contributed by atoms with Crippen molar-refractivity contribution in [1.82, 2.24) is 14.7 Å². The minimum Gasteiger partial charge on any atom is -0.508 e. The van der Waals surface area contributed by atoms with E-state index in [4.69, 9.17) is 92.3 Å². The molecule has 0 saturated carbocycles. The van der Waals surface area contributed by atoms with Crippen LogP contribution in [-0.2, 0) is 16.0 Å². The molecule has 1 amide bonds. The molecule has 31 nitrogen and oxygen atoms in total. The largest absolute Gasteiger partial charge is 0.508 e. The maximum Gasteiger partial charge on any atom is 0.295 e. The predicted molar refractivity (Wildman–Crippen MR) is 418 cm³/mol. The number of hydrogen-bond donors (Lipinski definition) is 10. The summed E-state index contributed by atoms with van der Waals surface area (Å²) >= 11 is 17.8. The number of phenols is 1. The van der Waals surface area contributed by atoms with E-state index in [1.54, 1.807) is 30.3 Å². The summed E-state index contributed by atoms with van der Waals surface area (Å²) in [5, 5.41) is 76.4. The first kappa shape index (κ1) is 81.5. The van der Waals surface area contributed by atoms with Crippen LogP contribution in [0.3, 0.4) is 0 Å². The van der Waals surface area contributed by atoms with E-state index < -0.39 is 33.1 Å². The minimum absolute atomic E-state index is 0.00456. The van der Waals surface area contributed by atoms with Gasteiger partial charge in [0.15, 0.2) is 0 Å². The van der Waals surface area contributed by atoms with Gasteiger partial charge in [0.05, 0.1) is 57.4 Å². The van der Waals surface area contributed by atoms with Crippen molar-refractivity contribution in [2.24, 2.45) is 0 Å². The Hall–Kier alpha value is -10.6. The molecule has 0 spiro atoms. The van der Waals surface area contributed by atoms with Gasteiger partial charge in [0, 0.05) is 142 Å². The monoisotopic (exact) mass is 1550 g/mol. The second-order valence-corrected chi connectivity index (χ2v) is 27.1. The number of nitro benzene ring substituents is 3. The number of piperazine rings is 3. The number of aliphatic hydroxyl groups is 3. The van der Waals surface area contributed by atoms with Crippen molar-refractivity contribution in [3.8, 4) is 28.7 Å². The number of aliphatic hydroxyl groups excluding tert-OH is 3. The highest BCUT2D eigenvalue weighted by Gasteiger charge is 2.27. The van der Waals surface area contributed by atoms with Crippen molar-refractivity contribution >= 4 is 109 Å². The molecule has 8 aromatic carbocycles. The van der Waals surface area contributed by atoms with E-state index in [0.717, 1.165) is 117 Å².